The Morgan fingerprint density at radius 1 is 1.47 bits per heavy atom. The maximum atomic E-state index is 5.27. The van der Waals surface area contributed by atoms with Crippen molar-refractivity contribution >= 4 is 11.3 Å². The zero-order chi connectivity index (χ0) is 10.5. The first-order valence-corrected chi connectivity index (χ1v) is 6.08. The van der Waals surface area contributed by atoms with Gasteiger partial charge in [0, 0.05) is 19.0 Å². The van der Waals surface area contributed by atoms with Crippen molar-refractivity contribution in [2.24, 2.45) is 0 Å². The molecule has 0 radical (unpaired) electrons. The summed E-state index contributed by atoms with van der Waals surface area (Å²) in [6.07, 6.45) is 2.67. The Balaban J connectivity index is 1.74. The van der Waals surface area contributed by atoms with Crippen LogP contribution in [0, 0.1) is 0 Å². The first-order valence-electron chi connectivity index (χ1n) is 5.14. The molecule has 3 heteroatoms. The lowest BCUT2D eigenvalue weighted by molar-refractivity contribution is 0.486. The Morgan fingerprint density at radius 3 is 3.07 bits per heavy atom. The van der Waals surface area contributed by atoms with Crippen LogP contribution in [0.15, 0.2) is 39.6 Å². The average molecular weight is 221 g/mol. The minimum atomic E-state index is 0.422. The minimum Gasteiger partial charge on any atom is -0.469 e. The van der Waals surface area contributed by atoms with Gasteiger partial charge in [-0.25, -0.2) is 0 Å². The molecule has 80 valence electrons. The van der Waals surface area contributed by atoms with Crippen LogP contribution in [0.25, 0.3) is 0 Å². The molecule has 2 aromatic rings. The lowest BCUT2D eigenvalue weighted by atomic mass is 10.2. The molecule has 1 N–H and O–H groups in total. The van der Waals surface area contributed by atoms with Crippen LogP contribution in [0.1, 0.15) is 24.3 Å². The molecule has 0 aromatic carbocycles. The molecule has 2 heterocycles. The topological polar surface area (TPSA) is 25.2 Å². The van der Waals surface area contributed by atoms with E-state index in [4.69, 9.17) is 4.42 Å². The maximum Gasteiger partial charge on any atom is 0.105 e. The van der Waals surface area contributed by atoms with Gasteiger partial charge in [-0.3, -0.25) is 0 Å². The monoisotopic (exact) mass is 221 g/mol. The molecule has 2 rings (SSSR count). The van der Waals surface area contributed by atoms with Crippen molar-refractivity contribution in [3.8, 4) is 0 Å². The zero-order valence-corrected chi connectivity index (χ0v) is 9.59. The van der Waals surface area contributed by atoms with E-state index in [-0.39, 0.29) is 0 Å². The SMILES string of the molecule is CC(NCCc1ccco1)c1ccsc1. The molecule has 1 atom stereocenters. The molecule has 0 bridgehead atoms. The number of rotatable bonds is 5. The summed E-state index contributed by atoms with van der Waals surface area (Å²) in [6, 6.07) is 6.52. The molecule has 0 spiro atoms. The summed E-state index contributed by atoms with van der Waals surface area (Å²) >= 11 is 1.74. The molecule has 2 nitrogen and oxygen atoms in total. The fourth-order valence-electron chi connectivity index (χ4n) is 1.51. The highest BCUT2D eigenvalue weighted by Gasteiger charge is 2.04. The van der Waals surface area contributed by atoms with Crippen LogP contribution in [0.3, 0.4) is 0 Å². The Kier molecular flexibility index (Phi) is 3.59. The minimum absolute atomic E-state index is 0.422. The highest BCUT2D eigenvalue weighted by atomic mass is 32.1. The molecule has 0 aliphatic rings. The summed E-state index contributed by atoms with van der Waals surface area (Å²) in [6.45, 7) is 3.13. The van der Waals surface area contributed by atoms with Crippen LogP contribution < -0.4 is 5.32 Å². The second-order valence-electron chi connectivity index (χ2n) is 3.56. The van der Waals surface area contributed by atoms with Gasteiger partial charge in [-0.15, -0.1) is 0 Å². The largest absolute Gasteiger partial charge is 0.469 e. The second-order valence-corrected chi connectivity index (χ2v) is 4.34. The van der Waals surface area contributed by atoms with E-state index in [1.165, 1.54) is 5.56 Å². The van der Waals surface area contributed by atoms with Gasteiger partial charge in [-0.1, -0.05) is 0 Å². The van der Waals surface area contributed by atoms with Crippen LogP contribution in [0.4, 0.5) is 0 Å². The average Bonchev–Trinajstić information content (AvgIpc) is 2.90. The Hall–Kier alpha value is -1.06. The van der Waals surface area contributed by atoms with Crippen molar-refractivity contribution in [2.75, 3.05) is 6.54 Å². The summed E-state index contributed by atoms with van der Waals surface area (Å²) in [5, 5.41) is 7.77. The number of hydrogen-bond donors (Lipinski definition) is 1. The van der Waals surface area contributed by atoms with E-state index in [1.54, 1.807) is 17.6 Å². The molecule has 2 aromatic heterocycles. The predicted octanol–water partition coefficient (Wildman–Crippen LogP) is 3.23. The maximum absolute atomic E-state index is 5.27. The van der Waals surface area contributed by atoms with E-state index in [0.717, 1.165) is 18.7 Å². The number of nitrogens with one attached hydrogen (secondary N) is 1. The normalized spacial score (nSPS) is 12.9. The van der Waals surface area contributed by atoms with E-state index >= 15 is 0 Å². The van der Waals surface area contributed by atoms with Gasteiger partial charge < -0.3 is 9.73 Å². The first kappa shape index (κ1) is 10.5. The van der Waals surface area contributed by atoms with Gasteiger partial charge in [0.2, 0.25) is 0 Å². The third kappa shape index (κ3) is 2.94. The molecule has 15 heavy (non-hydrogen) atoms. The van der Waals surface area contributed by atoms with E-state index in [9.17, 15) is 0 Å². The van der Waals surface area contributed by atoms with Crippen molar-refractivity contribution in [1.29, 1.82) is 0 Å². The molecule has 0 fully saturated rings. The zero-order valence-electron chi connectivity index (χ0n) is 8.77. The highest BCUT2D eigenvalue weighted by molar-refractivity contribution is 7.07. The van der Waals surface area contributed by atoms with Gasteiger partial charge in [-0.05, 0) is 41.4 Å². The van der Waals surface area contributed by atoms with Gasteiger partial charge in [0.05, 0.1) is 6.26 Å². The van der Waals surface area contributed by atoms with Crippen LogP contribution >= 0.6 is 11.3 Å². The Morgan fingerprint density at radius 2 is 2.40 bits per heavy atom. The van der Waals surface area contributed by atoms with Gasteiger partial charge in [0.15, 0.2) is 0 Å². The molecule has 0 saturated heterocycles. The predicted molar refractivity (Wildman–Crippen MR) is 63.1 cm³/mol. The Labute approximate surface area is 93.9 Å². The van der Waals surface area contributed by atoms with Crippen LogP contribution in [-0.2, 0) is 6.42 Å². The van der Waals surface area contributed by atoms with Crippen LogP contribution in [-0.4, -0.2) is 6.54 Å². The first-order chi connectivity index (χ1) is 7.36. The van der Waals surface area contributed by atoms with Gasteiger partial charge in [0.25, 0.3) is 0 Å². The summed E-state index contributed by atoms with van der Waals surface area (Å²) < 4.78 is 5.27. The van der Waals surface area contributed by atoms with Crippen molar-refractivity contribution in [3.63, 3.8) is 0 Å². The third-order valence-corrected chi connectivity index (χ3v) is 3.15. The fraction of sp³-hybridized carbons (Fsp3) is 0.333. The standard InChI is InChI=1S/C12H15NOS/c1-10(11-5-8-15-9-11)13-6-4-12-3-2-7-14-12/h2-3,5,7-10,13H,4,6H2,1H3. The third-order valence-electron chi connectivity index (χ3n) is 2.45. The van der Waals surface area contributed by atoms with E-state index in [2.05, 4.69) is 29.1 Å². The summed E-state index contributed by atoms with van der Waals surface area (Å²) in [5.41, 5.74) is 1.36. The van der Waals surface area contributed by atoms with Gasteiger partial charge in [0.1, 0.15) is 5.76 Å². The number of hydrogen-bond acceptors (Lipinski definition) is 3. The molecular weight excluding hydrogens is 206 g/mol. The van der Waals surface area contributed by atoms with Crippen LogP contribution in [0.2, 0.25) is 0 Å². The fourth-order valence-corrected chi connectivity index (χ4v) is 2.26. The smallest absolute Gasteiger partial charge is 0.105 e. The summed E-state index contributed by atoms with van der Waals surface area (Å²) in [7, 11) is 0. The van der Waals surface area contributed by atoms with Crippen molar-refractivity contribution < 1.29 is 4.42 Å². The van der Waals surface area contributed by atoms with Crippen molar-refractivity contribution in [1.82, 2.24) is 5.32 Å². The molecule has 0 saturated carbocycles. The second kappa shape index (κ2) is 5.14. The summed E-state index contributed by atoms with van der Waals surface area (Å²) in [4.78, 5) is 0. The number of furan rings is 1. The van der Waals surface area contributed by atoms with E-state index in [1.807, 2.05) is 12.1 Å². The quantitative estimate of drug-likeness (QED) is 0.838. The van der Waals surface area contributed by atoms with Gasteiger partial charge >= 0.3 is 0 Å². The van der Waals surface area contributed by atoms with E-state index < -0.39 is 0 Å². The molecule has 1 unspecified atom stereocenters. The molecule has 0 amide bonds. The lowest BCUT2D eigenvalue weighted by Crippen LogP contribution is -2.20. The highest BCUT2D eigenvalue weighted by Crippen LogP contribution is 2.15. The summed E-state index contributed by atoms with van der Waals surface area (Å²) in [5.74, 6) is 1.04. The van der Waals surface area contributed by atoms with Gasteiger partial charge in [-0.2, -0.15) is 11.3 Å². The lowest BCUT2D eigenvalue weighted by Gasteiger charge is -2.11. The number of thiophene rings is 1. The molecule has 0 aliphatic heterocycles. The Bertz CT molecular complexity index is 366. The molecule has 0 aliphatic carbocycles. The van der Waals surface area contributed by atoms with Crippen LogP contribution in [0.5, 0.6) is 0 Å². The van der Waals surface area contributed by atoms with Crippen molar-refractivity contribution in [3.05, 3.63) is 46.5 Å². The van der Waals surface area contributed by atoms with E-state index in [0.29, 0.717) is 6.04 Å². The van der Waals surface area contributed by atoms with Crippen molar-refractivity contribution in [2.45, 2.75) is 19.4 Å². The molecular formula is C12H15NOS.